The normalized spacial score (nSPS) is 27.7. The van der Waals surface area contributed by atoms with Crippen LogP contribution >= 0.6 is 0 Å². The van der Waals surface area contributed by atoms with Crippen LogP contribution in [0.2, 0.25) is 0 Å². The first kappa shape index (κ1) is 12.5. The minimum absolute atomic E-state index is 0.0287. The lowest BCUT2D eigenvalue weighted by Gasteiger charge is -2.22. The molecule has 0 aromatic carbocycles. The maximum atomic E-state index is 11.5. The van der Waals surface area contributed by atoms with Crippen LogP contribution in [0.5, 0.6) is 0 Å². The van der Waals surface area contributed by atoms with Gasteiger partial charge in [0.2, 0.25) is 0 Å². The van der Waals surface area contributed by atoms with Crippen molar-refractivity contribution < 1.29 is 14.3 Å². The Balaban J connectivity index is 2.51. The molecule has 1 aliphatic rings. The smallest absolute Gasteiger partial charge is 0.325 e. The zero-order chi connectivity index (χ0) is 11.3. The van der Waals surface area contributed by atoms with Gasteiger partial charge in [0.15, 0.2) is 0 Å². The molecular formula is C11H21NO3. The molecule has 15 heavy (non-hydrogen) atoms. The first-order valence-corrected chi connectivity index (χ1v) is 5.65. The SMILES string of the molecule is CCCNC(C(=O)OC)C1CCC(C)O1. The molecule has 0 aromatic heterocycles. The lowest BCUT2D eigenvalue weighted by Crippen LogP contribution is -2.47. The number of methoxy groups -OCH3 is 1. The third-order valence-electron chi connectivity index (χ3n) is 2.71. The predicted molar refractivity (Wildman–Crippen MR) is 57.7 cm³/mol. The molecule has 1 N–H and O–H groups in total. The van der Waals surface area contributed by atoms with E-state index in [1.54, 1.807) is 0 Å². The Kier molecular flexibility index (Phi) is 5.05. The van der Waals surface area contributed by atoms with Gasteiger partial charge in [-0.25, -0.2) is 0 Å². The number of ether oxygens (including phenoxy) is 2. The molecule has 1 saturated heterocycles. The Labute approximate surface area is 91.3 Å². The largest absolute Gasteiger partial charge is 0.468 e. The molecule has 1 fully saturated rings. The number of esters is 1. The molecule has 0 aromatic rings. The minimum Gasteiger partial charge on any atom is -0.468 e. The first-order chi connectivity index (χ1) is 7.19. The second kappa shape index (κ2) is 6.08. The zero-order valence-corrected chi connectivity index (χ0v) is 9.79. The van der Waals surface area contributed by atoms with E-state index in [9.17, 15) is 4.79 Å². The summed E-state index contributed by atoms with van der Waals surface area (Å²) in [6.45, 7) is 4.92. The average Bonchev–Trinajstić information content (AvgIpc) is 2.65. The number of carbonyl (C=O) groups excluding carboxylic acids is 1. The van der Waals surface area contributed by atoms with Crippen molar-refractivity contribution >= 4 is 5.97 Å². The van der Waals surface area contributed by atoms with Crippen molar-refractivity contribution in [3.63, 3.8) is 0 Å². The summed E-state index contributed by atoms with van der Waals surface area (Å²) in [7, 11) is 1.42. The number of hydrogen-bond acceptors (Lipinski definition) is 4. The van der Waals surface area contributed by atoms with Crippen molar-refractivity contribution in [2.45, 2.75) is 51.4 Å². The lowest BCUT2D eigenvalue weighted by atomic mass is 10.1. The van der Waals surface area contributed by atoms with Crippen molar-refractivity contribution in [1.82, 2.24) is 5.32 Å². The van der Waals surface area contributed by atoms with Crippen molar-refractivity contribution in [3.05, 3.63) is 0 Å². The molecule has 0 saturated carbocycles. The Bertz CT molecular complexity index is 208. The molecule has 3 atom stereocenters. The maximum Gasteiger partial charge on any atom is 0.325 e. The topological polar surface area (TPSA) is 47.6 Å². The van der Waals surface area contributed by atoms with Gasteiger partial charge in [-0.3, -0.25) is 4.79 Å². The molecule has 1 aliphatic heterocycles. The molecule has 0 radical (unpaired) electrons. The quantitative estimate of drug-likeness (QED) is 0.698. The lowest BCUT2D eigenvalue weighted by molar-refractivity contribution is -0.147. The fourth-order valence-corrected chi connectivity index (χ4v) is 1.87. The molecule has 3 unspecified atom stereocenters. The highest BCUT2D eigenvalue weighted by Crippen LogP contribution is 2.22. The van der Waals surface area contributed by atoms with E-state index < -0.39 is 0 Å². The van der Waals surface area contributed by atoms with Gasteiger partial charge in [-0.05, 0) is 32.7 Å². The first-order valence-electron chi connectivity index (χ1n) is 5.65. The van der Waals surface area contributed by atoms with Gasteiger partial charge in [0.05, 0.1) is 19.3 Å². The molecule has 0 bridgehead atoms. The minimum atomic E-state index is -0.306. The van der Waals surface area contributed by atoms with Gasteiger partial charge in [-0.2, -0.15) is 0 Å². The number of rotatable bonds is 5. The number of carbonyl (C=O) groups is 1. The van der Waals surface area contributed by atoms with Gasteiger partial charge in [-0.15, -0.1) is 0 Å². The van der Waals surface area contributed by atoms with Gasteiger partial charge in [-0.1, -0.05) is 6.92 Å². The summed E-state index contributed by atoms with van der Waals surface area (Å²) in [5.74, 6) is -0.220. The summed E-state index contributed by atoms with van der Waals surface area (Å²) >= 11 is 0. The van der Waals surface area contributed by atoms with Crippen LogP contribution in [-0.2, 0) is 14.3 Å². The van der Waals surface area contributed by atoms with Gasteiger partial charge in [0.1, 0.15) is 6.04 Å². The van der Waals surface area contributed by atoms with E-state index in [4.69, 9.17) is 9.47 Å². The van der Waals surface area contributed by atoms with E-state index in [2.05, 4.69) is 12.2 Å². The Morgan fingerprint density at radius 3 is 2.80 bits per heavy atom. The Hall–Kier alpha value is -0.610. The Morgan fingerprint density at radius 1 is 1.60 bits per heavy atom. The van der Waals surface area contributed by atoms with Crippen molar-refractivity contribution in [1.29, 1.82) is 0 Å². The van der Waals surface area contributed by atoms with E-state index >= 15 is 0 Å². The highest BCUT2D eigenvalue weighted by Gasteiger charge is 2.34. The van der Waals surface area contributed by atoms with E-state index in [1.165, 1.54) is 7.11 Å². The molecule has 0 spiro atoms. The van der Waals surface area contributed by atoms with E-state index in [0.29, 0.717) is 0 Å². The van der Waals surface area contributed by atoms with E-state index in [1.807, 2.05) is 6.92 Å². The fourth-order valence-electron chi connectivity index (χ4n) is 1.87. The summed E-state index contributed by atoms with van der Waals surface area (Å²) in [5, 5.41) is 3.18. The summed E-state index contributed by atoms with van der Waals surface area (Å²) in [6.07, 6.45) is 3.17. The third kappa shape index (κ3) is 3.47. The average molecular weight is 215 g/mol. The van der Waals surface area contributed by atoms with Crippen LogP contribution < -0.4 is 5.32 Å². The molecule has 4 heteroatoms. The van der Waals surface area contributed by atoms with E-state index in [0.717, 1.165) is 25.8 Å². The molecule has 88 valence electrons. The van der Waals surface area contributed by atoms with Crippen molar-refractivity contribution in [2.24, 2.45) is 0 Å². The maximum absolute atomic E-state index is 11.5. The van der Waals surface area contributed by atoms with Crippen molar-refractivity contribution in [3.8, 4) is 0 Å². The fraction of sp³-hybridized carbons (Fsp3) is 0.909. The molecule has 1 heterocycles. The highest BCUT2D eigenvalue weighted by atomic mass is 16.5. The number of hydrogen-bond donors (Lipinski definition) is 1. The Morgan fingerprint density at radius 2 is 2.33 bits per heavy atom. The van der Waals surface area contributed by atoms with Crippen LogP contribution in [0, 0.1) is 0 Å². The van der Waals surface area contributed by atoms with Crippen LogP contribution in [0.25, 0.3) is 0 Å². The molecule has 1 rings (SSSR count). The van der Waals surface area contributed by atoms with Crippen LogP contribution in [0.3, 0.4) is 0 Å². The molecule has 0 aliphatic carbocycles. The summed E-state index contributed by atoms with van der Waals surface area (Å²) in [4.78, 5) is 11.5. The summed E-state index contributed by atoms with van der Waals surface area (Å²) < 4.78 is 10.5. The zero-order valence-electron chi connectivity index (χ0n) is 9.79. The predicted octanol–water partition coefficient (Wildman–Crippen LogP) is 1.10. The van der Waals surface area contributed by atoms with Gasteiger partial charge in [0, 0.05) is 0 Å². The van der Waals surface area contributed by atoms with Crippen LogP contribution in [-0.4, -0.2) is 37.9 Å². The molecule has 4 nitrogen and oxygen atoms in total. The standard InChI is InChI=1S/C11H21NO3/c1-4-7-12-10(11(13)14-3)9-6-5-8(2)15-9/h8-10,12H,4-7H2,1-3H3. The highest BCUT2D eigenvalue weighted by molar-refractivity contribution is 5.76. The van der Waals surface area contributed by atoms with Gasteiger partial charge in [0.25, 0.3) is 0 Å². The van der Waals surface area contributed by atoms with Crippen molar-refractivity contribution in [2.75, 3.05) is 13.7 Å². The summed E-state index contributed by atoms with van der Waals surface area (Å²) in [6, 6.07) is -0.306. The number of nitrogens with one attached hydrogen (secondary N) is 1. The second-order valence-electron chi connectivity index (χ2n) is 4.02. The van der Waals surface area contributed by atoms with Gasteiger partial charge < -0.3 is 14.8 Å². The molecule has 0 amide bonds. The summed E-state index contributed by atoms with van der Waals surface area (Å²) in [5.41, 5.74) is 0. The second-order valence-corrected chi connectivity index (χ2v) is 4.02. The monoisotopic (exact) mass is 215 g/mol. The van der Waals surface area contributed by atoms with Gasteiger partial charge >= 0.3 is 5.97 Å². The van der Waals surface area contributed by atoms with Crippen LogP contribution in [0.1, 0.15) is 33.1 Å². The van der Waals surface area contributed by atoms with E-state index in [-0.39, 0.29) is 24.2 Å². The third-order valence-corrected chi connectivity index (χ3v) is 2.71. The van der Waals surface area contributed by atoms with Crippen LogP contribution in [0.15, 0.2) is 0 Å². The molecular weight excluding hydrogens is 194 g/mol. The van der Waals surface area contributed by atoms with Crippen LogP contribution in [0.4, 0.5) is 0 Å².